The quantitative estimate of drug-likeness (QED) is 0.682. The van der Waals surface area contributed by atoms with Crippen molar-refractivity contribution in [2.75, 3.05) is 45.5 Å². The Hall–Kier alpha value is -1.56. The van der Waals surface area contributed by atoms with Gasteiger partial charge in [0.25, 0.3) is 0 Å². The zero-order valence-electron chi connectivity index (χ0n) is 15.6. The Labute approximate surface area is 165 Å². The molecule has 1 aromatic rings. The maximum Gasteiger partial charge on any atom is 0.243 e. The summed E-state index contributed by atoms with van der Waals surface area (Å²) in [6.45, 7) is 1.27. The number of sulfonamides is 2. The monoisotopic (exact) mass is 433 g/mol. The average molecular weight is 434 g/mol. The molecule has 2 heterocycles. The molecule has 156 valence electrons. The average Bonchev–Trinajstić information content (AvgIpc) is 2.67. The van der Waals surface area contributed by atoms with E-state index in [0.29, 0.717) is 19.4 Å². The van der Waals surface area contributed by atoms with Crippen molar-refractivity contribution in [3.8, 4) is 0 Å². The second-order valence-electron chi connectivity index (χ2n) is 7.15. The van der Waals surface area contributed by atoms with E-state index in [1.165, 1.54) is 26.8 Å². The largest absolute Gasteiger partial charge is 0.340 e. The zero-order valence-corrected chi connectivity index (χ0v) is 17.3. The SMILES string of the molecule is CS(=O)(=O)N1CCCC(C(=O)N2CCN(S(=O)(=O)c3cccc(F)c3)CC2)C1. The van der Waals surface area contributed by atoms with Crippen molar-refractivity contribution in [3.05, 3.63) is 30.1 Å². The highest BCUT2D eigenvalue weighted by atomic mass is 32.2. The molecule has 2 aliphatic heterocycles. The molecule has 0 aromatic heterocycles. The third kappa shape index (κ3) is 4.53. The standard InChI is InChI=1S/C17H24FN3O5S2/c1-27(23,24)21-7-3-4-14(13-21)17(22)19-8-10-20(11-9-19)28(25,26)16-6-2-5-15(18)12-16/h2,5-6,12,14H,3-4,7-11,13H2,1H3. The highest BCUT2D eigenvalue weighted by Crippen LogP contribution is 2.23. The van der Waals surface area contributed by atoms with Crippen LogP contribution in [0.1, 0.15) is 12.8 Å². The molecule has 2 fully saturated rings. The van der Waals surface area contributed by atoms with Crippen LogP contribution in [-0.4, -0.2) is 81.8 Å². The van der Waals surface area contributed by atoms with Crippen molar-refractivity contribution >= 4 is 26.0 Å². The Bertz CT molecular complexity index is 943. The molecule has 28 heavy (non-hydrogen) atoms. The summed E-state index contributed by atoms with van der Waals surface area (Å²) < 4.78 is 64.7. The minimum Gasteiger partial charge on any atom is -0.340 e. The molecule has 0 aliphatic carbocycles. The van der Waals surface area contributed by atoms with Crippen molar-refractivity contribution in [1.29, 1.82) is 0 Å². The van der Waals surface area contributed by atoms with Crippen LogP contribution in [0.5, 0.6) is 0 Å². The van der Waals surface area contributed by atoms with Crippen molar-refractivity contribution < 1.29 is 26.0 Å². The van der Waals surface area contributed by atoms with E-state index in [1.54, 1.807) is 4.90 Å². The van der Waals surface area contributed by atoms with Gasteiger partial charge in [0, 0.05) is 39.3 Å². The van der Waals surface area contributed by atoms with Crippen molar-refractivity contribution in [2.45, 2.75) is 17.7 Å². The van der Waals surface area contributed by atoms with E-state index >= 15 is 0 Å². The normalized spacial score (nSPS) is 22.9. The summed E-state index contributed by atoms with van der Waals surface area (Å²) in [5, 5.41) is 0. The maximum atomic E-state index is 13.4. The number of halogens is 1. The Morgan fingerprint density at radius 3 is 2.32 bits per heavy atom. The third-order valence-corrected chi connectivity index (χ3v) is 8.35. The topological polar surface area (TPSA) is 95.1 Å². The van der Waals surface area contributed by atoms with Gasteiger partial charge in [0.2, 0.25) is 26.0 Å². The number of rotatable bonds is 4. The van der Waals surface area contributed by atoms with Crippen LogP contribution < -0.4 is 0 Å². The lowest BCUT2D eigenvalue weighted by Crippen LogP contribution is -2.53. The highest BCUT2D eigenvalue weighted by molar-refractivity contribution is 7.89. The van der Waals surface area contributed by atoms with Crippen LogP contribution in [0.3, 0.4) is 0 Å². The van der Waals surface area contributed by atoms with Gasteiger partial charge in [-0.05, 0) is 31.0 Å². The molecule has 0 radical (unpaired) electrons. The Kier molecular flexibility index (Phi) is 6.08. The first-order chi connectivity index (χ1) is 13.1. The minimum atomic E-state index is -3.82. The first-order valence-electron chi connectivity index (χ1n) is 9.08. The summed E-state index contributed by atoms with van der Waals surface area (Å²) in [6.07, 6.45) is 2.37. The summed E-state index contributed by atoms with van der Waals surface area (Å²) in [4.78, 5) is 14.3. The molecule has 1 unspecified atom stereocenters. The number of amides is 1. The molecular formula is C17H24FN3O5S2. The van der Waals surface area contributed by atoms with Gasteiger partial charge in [-0.15, -0.1) is 0 Å². The van der Waals surface area contributed by atoms with Crippen LogP contribution in [0.15, 0.2) is 29.2 Å². The highest BCUT2D eigenvalue weighted by Gasteiger charge is 2.35. The molecule has 0 N–H and O–H groups in total. The fraction of sp³-hybridized carbons (Fsp3) is 0.588. The van der Waals surface area contributed by atoms with Crippen LogP contribution in [-0.2, 0) is 24.8 Å². The molecule has 2 aliphatic rings. The van der Waals surface area contributed by atoms with Crippen molar-refractivity contribution in [1.82, 2.24) is 13.5 Å². The second kappa shape index (κ2) is 8.05. The van der Waals surface area contributed by atoms with E-state index in [2.05, 4.69) is 0 Å². The van der Waals surface area contributed by atoms with Crippen LogP contribution in [0.4, 0.5) is 4.39 Å². The fourth-order valence-corrected chi connectivity index (χ4v) is 5.99. The maximum absolute atomic E-state index is 13.4. The van der Waals surface area contributed by atoms with E-state index in [4.69, 9.17) is 0 Å². The van der Waals surface area contributed by atoms with Crippen molar-refractivity contribution in [3.63, 3.8) is 0 Å². The van der Waals surface area contributed by atoms with Gasteiger partial charge < -0.3 is 4.90 Å². The Morgan fingerprint density at radius 2 is 1.71 bits per heavy atom. The Balaban J connectivity index is 1.63. The molecule has 0 saturated carbocycles. The molecule has 0 spiro atoms. The van der Waals surface area contributed by atoms with Gasteiger partial charge >= 0.3 is 0 Å². The lowest BCUT2D eigenvalue weighted by atomic mass is 9.98. The fourth-order valence-electron chi connectivity index (χ4n) is 3.63. The first kappa shape index (κ1) is 21.2. The van der Waals surface area contributed by atoms with Gasteiger partial charge in [0.05, 0.1) is 17.1 Å². The lowest BCUT2D eigenvalue weighted by Gasteiger charge is -2.38. The molecule has 0 bridgehead atoms. The lowest BCUT2D eigenvalue weighted by molar-refractivity contribution is -0.137. The molecule has 11 heteroatoms. The first-order valence-corrected chi connectivity index (χ1v) is 12.4. The summed E-state index contributed by atoms with van der Waals surface area (Å²) in [5.74, 6) is -1.17. The van der Waals surface area contributed by atoms with Gasteiger partial charge in [-0.25, -0.2) is 25.5 Å². The smallest absolute Gasteiger partial charge is 0.243 e. The predicted octanol–water partition coefficient (Wildman–Crippen LogP) is 0.330. The van der Waals surface area contributed by atoms with Gasteiger partial charge in [-0.1, -0.05) is 6.07 Å². The van der Waals surface area contributed by atoms with E-state index in [1.807, 2.05) is 0 Å². The molecule has 1 amide bonds. The predicted molar refractivity (Wildman–Crippen MR) is 101 cm³/mol. The summed E-state index contributed by atoms with van der Waals surface area (Å²) in [5.41, 5.74) is 0. The van der Waals surface area contributed by atoms with Gasteiger partial charge in [-0.3, -0.25) is 4.79 Å². The van der Waals surface area contributed by atoms with Crippen LogP contribution in [0, 0.1) is 11.7 Å². The molecule has 2 saturated heterocycles. The van der Waals surface area contributed by atoms with Crippen LogP contribution in [0.2, 0.25) is 0 Å². The number of piperazine rings is 1. The number of hydrogen-bond donors (Lipinski definition) is 0. The Morgan fingerprint density at radius 1 is 1.04 bits per heavy atom. The summed E-state index contributed by atoms with van der Waals surface area (Å²) in [7, 11) is -7.16. The van der Waals surface area contributed by atoms with E-state index < -0.39 is 31.8 Å². The van der Waals surface area contributed by atoms with E-state index in [9.17, 15) is 26.0 Å². The zero-order chi connectivity index (χ0) is 20.5. The van der Waals surface area contributed by atoms with Crippen LogP contribution >= 0.6 is 0 Å². The molecule has 1 aromatic carbocycles. The van der Waals surface area contributed by atoms with Crippen molar-refractivity contribution in [2.24, 2.45) is 5.92 Å². The van der Waals surface area contributed by atoms with Gasteiger partial charge in [0.15, 0.2) is 0 Å². The summed E-state index contributed by atoms with van der Waals surface area (Å²) >= 11 is 0. The van der Waals surface area contributed by atoms with E-state index in [0.717, 1.165) is 12.3 Å². The number of carbonyl (C=O) groups excluding carboxylic acids is 1. The number of hydrogen-bond acceptors (Lipinski definition) is 5. The molecule has 1 atom stereocenters. The summed E-state index contributed by atoms with van der Waals surface area (Å²) in [6, 6.07) is 4.85. The second-order valence-corrected chi connectivity index (χ2v) is 11.1. The molecular weight excluding hydrogens is 409 g/mol. The minimum absolute atomic E-state index is 0.108. The number of benzene rings is 1. The number of nitrogens with zero attached hydrogens (tertiary/aromatic N) is 3. The van der Waals surface area contributed by atoms with E-state index in [-0.39, 0.29) is 43.5 Å². The number of piperidine rings is 1. The number of carbonyl (C=O) groups is 1. The van der Waals surface area contributed by atoms with Crippen LogP contribution in [0.25, 0.3) is 0 Å². The third-order valence-electron chi connectivity index (χ3n) is 5.19. The molecule has 3 rings (SSSR count). The molecule has 8 nitrogen and oxygen atoms in total. The van der Waals surface area contributed by atoms with Gasteiger partial charge in [0.1, 0.15) is 5.82 Å². The van der Waals surface area contributed by atoms with Gasteiger partial charge in [-0.2, -0.15) is 4.31 Å².